The lowest BCUT2D eigenvalue weighted by atomic mass is 9.76. The Hall–Kier alpha value is -2.70. The highest BCUT2D eigenvalue weighted by Gasteiger charge is 2.69. The van der Waals surface area contributed by atoms with E-state index in [1.165, 1.54) is 4.90 Å². The lowest BCUT2D eigenvalue weighted by Gasteiger charge is -2.29. The van der Waals surface area contributed by atoms with E-state index >= 15 is 0 Å². The van der Waals surface area contributed by atoms with Crippen LogP contribution in [0.3, 0.4) is 0 Å². The monoisotopic (exact) mass is 381 g/mol. The Morgan fingerprint density at radius 2 is 1.70 bits per heavy atom. The van der Waals surface area contributed by atoms with Gasteiger partial charge in [0.15, 0.2) is 0 Å². The second kappa shape index (κ2) is 5.41. The molecule has 5 rings (SSSR count). The number of benzene rings is 2. The number of fused-ring (bicyclic) bond motifs is 4. The molecule has 0 saturated carbocycles. The zero-order valence-corrected chi connectivity index (χ0v) is 15.2. The average Bonchev–Trinajstić information content (AvgIpc) is 3.21. The molecule has 2 aromatic rings. The van der Waals surface area contributed by atoms with Crippen LogP contribution in [0.4, 0.5) is 11.4 Å². The largest absolute Gasteiger partial charge is 0.324 e. The summed E-state index contributed by atoms with van der Waals surface area (Å²) in [5, 5.41) is 6.66. The molecule has 7 heteroatoms. The van der Waals surface area contributed by atoms with E-state index in [-0.39, 0.29) is 23.8 Å². The van der Waals surface area contributed by atoms with Gasteiger partial charge in [-0.15, -0.1) is 0 Å². The molecule has 2 saturated heterocycles. The molecule has 3 heterocycles. The third-order valence-corrected chi connectivity index (χ3v) is 6.11. The van der Waals surface area contributed by atoms with Crippen LogP contribution < -0.4 is 15.5 Å². The summed E-state index contributed by atoms with van der Waals surface area (Å²) in [4.78, 5) is 40.8. The molecule has 136 valence electrons. The molecule has 3 aliphatic heterocycles. The Kier molecular flexibility index (Phi) is 3.30. The number of nitrogens with one attached hydrogen (secondary N) is 2. The van der Waals surface area contributed by atoms with Crippen molar-refractivity contribution >= 4 is 40.7 Å². The van der Waals surface area contributed by atoms with E-state index in [9.17, 15) is 14.4 Å². The molecule has 0 bridgehead atoms. The SMILES string of the molecule is C[C@H]1N[C@@]2(C(=O)Nc3ccccc32)[C@@H]2C(=O)N(c3ccc(Cl)cc3)C(=O)[C@H]21. The molecule has 6 nitrogen and oxygen atoms in total. The van der Waals surface area contributed by atoms with Crippen LogP contribution in [0.5, 0.6) is 0 Å². The number of halogens is 1. The quantitative estimate of drug-likeness (QED) is 0.743. The summed E-state index contributed by atoms with van der Waals surface area (Å²) in [6.07, 6.45) is 0. The first-order chi connectivity index (χ1) is 12.9. The summed E-state index contributed by atoms with van der Waals surface area (Å²) in [7, 11) is 0. The highest BCUT2D eigenvalue weighted by atomic mass is 35.5. The number of hydrogen-bond acceptors (Lipinski definition) is 4. The standard InChI is InChI=1S/C20H16ClN3O3/c1-10-15-16(18(26)24(17(15)25)12-8-6-11(21)7-9-12)20(23-10)13-4-2-3-5-14(13)22-19(20)27/h2-10,15-16,23H,1H3,(H,22,27)/t10-,15+,16+,20-/m1/s1. The molecule has 2 fully saturated rings. The van der Waals surface area contributed by atoms with Gasteiger partial charge in [0.25, 0.3) is 0 Å². The summed E-state index contributed by atoms with van der Waals surface area (Å²) >= 11 is 5.93. The average molecular weight is 382 g/mol. The van der Waals surface area contributed by atoms with E-state index in [4.69, 9.17) is 11.6 Å². The highest BCUT2D eigenvalue weighted by Crippen LogP contribution is 2.53. The number of para-hydroxylation sites is 1. The first-order valence-electron chi connectivity index (χ1n) is 8.77. The molecule has 0 unspecified atom stereocenters. The first-order valence-corrected chi connectivity index (χ1v) is 9.15. The molecule has 2 aromatic carbocycles. The second-order valence-corrected chi connectivity index (χ2v) is 7.67. The summed E-state index contributed by atoms with van der Waals surface area (Å²) in [5.41, 5.74) is 0.633. The van der Waals surface area contributed by atoms with Gasteiger partial charge in [-0.1, -0.05) is 29.8 Å². The fourth-order valence-corrected chi connectivity index (χ4v) is 4.89. The number of rotatable bonds is 1. The Labute approximate surface area is 160 Å². The van der Waals surface area contributed by atoms with E-state index in [1.807, 2.05) is 25.1 Å². The lowest BCUT2D eigenvalue weighted by molar-refractivity contribution is -0.130. The minimum atomic E-state index is -1.23. The maximum atomic E-state index is 13.4. The van der Waals surface area contributed by atoms with Crippen LogP contribution in [0.25, 0.3) is 0 Å². The van der Waals surface area contributed by atoms with E-state index in [2.05, 4.69) is 10.6 Å². The van der Waals surface area contributed by atoms with Crippen molar-refractivity contribution in [2.75, 3.05) is 10.2 Å². The summed E-state index contributed by atoms with van der Waals surface area (Å²) in [6, 6.07) is 13.5. The van der Waals surface area contributed by atoms with Gasteiger partial charge in [-0.05, 0) is 37.3 Å². The zero-order chi connectivity index (χ0) is 18.9. The predicted octanol–water partition coefficient (Wildman–Crippen LogP) is 2.28. The van der Waals surface area contributed by atoms with Crippen LogP contribution in [0.2, 0.25) is 5.02 Å². The van der Waals surface area contributed by atoms with Crippen molar-refractivity contribution in [3.63, 3.8) is 0 Å². The number of carbonyl (C=O) groups excluding carboxylic acids is 3. The van der Waals surface area contributed by atoms with Crippen LogP contribution in [0.15, 0.2) is 48.5 Å². The topological polar surface area (TPSA) is 78.5 Å². The van der Waals surface area contributed by atoms with Gasteiger partial charge in [0, 0.05) is 22.3 Å². The fraction of sp³-hybridized carbons (Fsp3) is 0.250. The van der Waals surface area contributed by atoms with Crippen LogP contribution in [0.1, 0.15) is 12.5 Å². The van der Waals surface area contributed by atoms with E-state index in [0.29, 0.717) is 22.0 Å². The van der Waals surface area contributed by atoms with Gasteiger partial charge in [0.1, 0.15) is 5.54 Å². The summed E-state index contributed by atoms with van der Waals surface area (Å²) < 4.78 is 0. The van der Waals surface area contributed by atoms with Crippen molar-refractivity contribution in [2.45, 2.75) is 18.5 Å². The van der Waals surface area contributed by atoms with Gasteiger partial charge in [-0.2, -0.15) is 0 Å². The molecule has 27 heavy (non-hydrogen) atoms. The molecule has 3 amide bonds. The number of anilines is 2. The van der Waals surface area contributed by atoms with Gasteiger partial charge < -0.3 is 5.32 Å². The molecular weight excluding hydrogens is 366 g/mol. The molecule has 3 aliphatic rings. The summed E-state index contributed by atoms with van der Waals surface area (Å²) in [5.74, 6) is -2.34. The maximum Gasteiger partial charge on any atom is 0.250 e. The number of imide groups is 1. The number of nitrogens with zero attached hydrogens (tertiary/aromatic N) is 1. The molecule has 0 radical (unpaired) electrons. The van der Waals surface area contributed by atoms with Crippen molar-refractivity contribution in [1.82, 2.24) is 5.32 Å². The maximum absolute atomic E-state index is 13.4. The number of carbonyl (C=O) groups is 3. The first kappa shape index (κ1) is 16.5. The van der Waals surface area contributed by atoms with Gasteiger partial charge in [-0.3, -0.25) is 19.7 Å². The van der Waals surface area contributed by atoms with E-state index < -0.39 is 17.4 Å². The molecule has 0 aliphatic carbocycles. The Morgan fingerprint density at radius 1 is 1.00 bits per heavy atom. The number of hydrogen-bond donors (Lipinski definition) is 2. The zero-order valence-electron chi connectivity index (χ0n) is 14.4. The van der Waals surface area contributed by atoms with Crippen molar-refractivity contribution in [3.05, 3.63) is 59.1 Å². The van der Waals surface area contributed by atoms with Crippen molar-refractivity contribution in [3.8, 4) is 0 Å². The molecule has 0 aromatic heterocycles. The van der Waals surface area contributed by atoms with E-state index in [1.54, 1.807) is 30.3 Å². The van der Waals surface area contributed by atoms with Crippen molar-refractivity contribution < 1.29 is 14.4 Å². The Bertz CT molecular complexity index is 1010. The highest BCUT2D eigenvalue weighted by molar-refractivity contribution is 6.31. The Morgan fingerprint density at radius 3 is 2.44 bits per heavy atom. The van der Waals surface area contributed by atoms with Gasteiger partial charge >= 0.3 is 0 Å². The van der Waals surface area contributed by atoms with Crippen LogP contribution in [-0.4, -0.2) is 23.8 Å². The van der Waals surface area contributed by atoms with Crippen molar-refractivity contribution in [1.29, 1.82) is 0 Å². The Balaban J connectivity index is 1.66. The third-order valence-electron chi connectivity index (χ3n) is 5.85. The van der Waals surface area contributed by atoms with Crippen molar-refractivity contribution in [2.24, 2.45) is 11.8 Å². The van der Waals surface area contributed by atoms with Crippen LogP contribution >= 0.6 is 11.6 Å². The van der Waals surface area contributed by atoms with Gasteiger partial charge in [-0.25, -0.2) is 4.90 Å². The molecular formula is C20H16ClN3O3. The lowest BCUT2D eigenvalue weighted by Crippen LogP contribution is -2.53. The van der Waals surface area contributed by atoms with E-state index in [0.717, 1.165) is 0 Å². The van der Waals surface area contributed by atoms with Gasteiger partial charge in [0.05, 0.1) is 17.5 Å². The predicted molar refractivity (Wildman–Crippen MR) is 100 cm³/mol. The minimum absolute atomic E-state index is 0.290. The van der Waals surface area contributed by atoms with Crippen LogP contribution in [-0.2, 0) is 19.9 Å². The van der Waals surface area contributed by atoms with Gasteiger partial charge in [0.2, 0.25) is 17.7 Å². The molecule has 4 atom stereocenters. The fourth-order valence-electron chi connectivity index (χ4n) is 4.76. The number of amides is 3. The molecule has 2 N–H and O–H groups in total. The minimum Gasteiger partial charge on any atom is -0.324 e. The molecule has 1 spiro atoms. The summed E-state index contributed by atoms with van der Waals surface area (Å²) in [6.45, 7) is 1.84. The normalized spacial score (nSPS) is 31.4. The smallest absolute Gasteiger partial charge is 0.250 e. The second-order valence-electron chi connectivity index (χ2n) is 7.23. The third kappa shape index (κ3) is 1.97. The van der Waals surface area contributed by atoms with Crippen LogP contribution in [0, 0.1) is 11.8 Å².